The first kappa shape index (κ1) is 23.4. The van der Waals surface area contributed by atoms with Gasteiger partial charge in [-0.2, -0.15) is 13.2 Å². The number of para-hydroxylation sites is 1. The number of carbonyl (C=O) groups excluding carboxylic acids is 1. The van der Waals surface area contributed by atoms with Crippen LogP contribution in [-0.2, 0) is 17.4 Å². The van der Waals surface area contributed by atoms with Gasteiger partial charge >= 0.3 is 6.18 Å². The molecular weight excluding hydrogens is 431 g/mol. The molecule has 2 aliphatic heterocycles. The molecule has 2 atom stereocenters. The largest absolute Gasteiger partial charge is 0.492 e. The second kappa shape index (κ2) is 9.63. The van der Waals surface area contributed by atoms with E-state index in [4.69, 9.17) is 4.74 Å². The van der Waals surface area contributed by atoms with E-state index in [0.29, 0.717) is 31.7 Å². The molecule has 0 unspecified atom stereocenters. The molecule has 33 heavy (non-hydrogen) atoms. The van der Waals surface area contributed by atoms with Gasteiger partial charge < -0.3 is 15.0 Å². The Morgan fingerprint density at radius 1 is 1.15 bits per heavy atom. The summed E-state index contributed by atoms with van der Waals surface area (Å²) in [6.45, 7) is 7.11. The summed E-state index contributed by atoms with van der Waals surface area (Å²) in [6, 6.07) is 13.4. The van der Waals surface area contributed by atoms with Crippen LogP contribution in [0.5, 0.6) is 5.75 Å². The molecule has 1 saturated heterocycles. The van der Waals surface area contributed by atoms with Crippen LogP contribution in [0.1, 0.15) is 25.0 Å². The summed E-state index contributed by atoms with van der Waals surface area (Å²) in [4.78, 5) is 17.5. The van der Waals surface area contributed by atoms with E-state index in [2.05, 4.69) is 15.1 Å². The van der Waals surface area contributed by atoms with Crippen LogP contribution in [0, 0.1) is 5.92 Å². The number of alkyl halides is 3. The molecule has 0 saturated carbocycles. The Balaban J connectivity index is 1.51. The van der Waals surface area contributed by atoms with E-state index in [1.54, 1.807) is 6.07 Å². The molecule has 1 amide bonds. The van der Waals surface area contributed by atoms with Crippen molar-refractivity contribution in [1.29, 1.82) is 0 Å². The predicted octanol–water partition coefficient (Wildman–Crippen LogP) is 3.97. The number of nitrogens with zero attached hydrogens (tertiary/aromatic N) is 2. The van der Waals surface area contributed by atoms with Gasteiger partial charge in [0.25, 0.3) is 0 Å². The zero-order valence-electron chi connectivity index (χ0n) is 18.9. The van der Waals surface area contributed by atoms with Gasteiger partial charge in [-0.25, -0.2) is 0 Å². The number of ether oxygens (including phenoxy) is 1. The van der Waals surface area contributed by atoms with Gasteiger partial charge in [0.15, 0.2) is 0 Å². The molecule has 2 aromatic carbocycles. The maximum atomic E-state index is 13.3. The van der Waals surface area contributed by atoms with Crippen LogP contribution in [0.25, 0.3) is 0 Å². The second-order valence-electron chi connectivity index (χ2n) is 9.04. The van der Waals surface area contributed by atoms with E-state index in [1.165, 1.54) is 6.07 Å². The third-order valence-electron chi connectivity index (χ3n) is 6.31. The number of hydrogen-bond acceptors (Lipinski definition) is 4. The van der Waals surface area contributed by atoms with Crippen LogP contribution < -0.4 is 15.0 Å². The highest BCUT2D eigenvalue weighted by Gasteiger charge is 2.42. The Morgan fingerprint density at radius 2 is 1.91 bits per heavy atom. The standard InChI is InChI=1S/C25H30F3N3O2/c1-17(2)29-24(32)21-15-18-14-19(25(26,27)28)8-9-22(18)31-11-10-30(16-23(21)31)12-13-33-20-6-4-3-5-7-20/h3-9,14,17,21,23H,10-13,15-16H2,1-2H3,(H,29,32)/t21-,23+/m1/s1. The molecule has 0 aromatic heterocycles. The lowest BCUT2D eigenvalue weighted by Gasteiger charge is -2.49. The number of fused-ring (bicyclic) bond motifs is 3. The normalized spacial score (nSPS) is 20.8. The fourth-order valence-corrected chi connectivity index (χ4v) is 4.76. The van der Waals surface area contributed by atoms with Crippen LogP contribution in [0.2, 0.25) is 0 Å². The Morgan fingerprint density at radius 3 is 2.61 bits per heavy atom. The quantitative estimate of drug-likeness (QED) is 0.707. The number of rotatable bonds is 6. The fourth-order valence-electron chi connectivity index (χ4n) is 4.76. The third-order valence-corrected chi connectivity index (χ3v) is 6.31. The number of anilines is 1. The van der Waals surface area contributed by atoms with Crippen molar-refractivity contribution in [2.75, 3.05) is 37.7 Å². The molecule has 0 radical (unpaired) electrons. The summed E-state index contributed by atoms with van der Waals surface area (Å²) in [7, 11) is 0. The molecule has 0 bridgehead atoms. The molecule has 1 N–H and O–H groups in total. The van der Waals surface area contributed by atoms with Gasteiger partial charge in [0.05, 0.1) is 17.5 Å². The average Bonchev–Trinajstić information content (AvgIpc) is 2.77. The molecular formula is C25H30F3N3O2. The summed E-state index contributed by atoms with van der Waals surface area (Å²) in [5.41, 5.74) is 0.729. The molecule has 1 fully saturated rings. The maximum absolute atomic E-state index is 13.3. The number of hydrogen-bond donors (Lipinski definition) is 1. The molecule has 2 heterocycles. The van der Waals surface area contributed by atoms with Crippen LogP contribution in [0.4, 0.5) is 18.9 Å². The number of halogens is 3. The molecule has 8 heteroatoms. The number of piperazine rings is 1. The van der Waals surface area contributed by atoms with Crippen molar-refractivity contribution in [2.45, 2.75) is 38.5 Å². The fraction of sp³-hybridized carbons (Fsp3) is 0.480. The summed E-state index contributed by atoms with van der Waals surface area (Å²) in [5, 5.41) is 2.97. The minimum atomic E-state index is -4.40. The third kappa shape index (κ3) is 5.43. The van der Waals surface area contributed by atoms with Gasteiger partial charge in [0, 0.05) is 37.9 Å². The van der Waals surface area contributed by atoms with Crippen LogP contribution in [0.3, 0.4) is 0 Å². The average molecular weight is 462 g/mol. The minimum absolute atomic E-state index is 0.0344. The van der Waals surface area contributed by atoms with Crippen molar-refractivity contribution in [2.24, 2.45) is 5.92 Å². The number of carbonyl (C=O) groups is 1. The van der Waals surface area contributed by atoms with E-state index >= 15 is 0 Å². The SMILES string of the molecule is CC(C)NC(=O)[C@@H]1Cc2cc(C(F)(F)F)ccc2N2CCN(CCOc3ccccc3)C[C@@H]12. The summed E-state index contributed by atoms with van der Waals surface area (Å²) in [6.07, 6.45) is -4.10. The summed E-state index contributed by atoms with van der Waals surface area (Å²) < 4.78 is 45.7. The van der Waals surface area contributed by atoms with Gasteiger partial charge in [0.1, 0.15) is 12.4 Å². The smallest absolute Gasteiger partial charge is 0.416 e. The van der Waals surface area contributed by atoms with Crippen molar-refractivity contribution >= 4 is 11.6 Å². The topological polar surface area (TPSA) is 44.8 Å². The Bertz CT molecular complexity index is 965. The molecule has 0 spiro atoms. The first-order chi connectivity index (χ1) is 15.7. The minimum Gasteiger partial charge on any atom is -0.492 e. The van der Waals surface area contributed by atoms with E-state index in [-0.39, 0.29) is 18.0 Å². The van der Waals surface area contributed by atoms with Crippen molar-refractivity contribution < 1.29 is 22.7 Å². The highest BCUT2D eigenvalue weighted by molar-refractivity contribution is 5.82. The predicted molar refractivity (Wildman–Crippen MR) is 121 cm³/mol. The zero-order chi connectivity index (χ0) is 23.6. The Hall–Kier alpha value is -2.74. The Kier molecular flexibility index (Phi) is 6.83. The van der Waals surface area contributed by atoms with E-state index in [9.17, 15) is 18.0 Å². The molecule has 2 aliphatic rings. The van der Waals surface area contributed by atoms with E-state index < -0.39 is 17.7 Å². The van der Waals surface area contributed by atoms with Crippen molar-refractivity contribution in [3.05, 3.63) is 59.7 Å². The monoisotopic (exact) mass is 461 g/mol. The zero-order valence-corrected chi connectivity index (χ0v) is 18.9. The molecule has 4 rings (SSSR count). The van der Waals surface area contributed by atoms with E-state index in [0.717, 1.165) is 30.6 Å². The van der Waals surface area contributed by atoms with Crippen molar-refractivity contribution in [3.63, 3.8) is 0 Å². The summed E-state index contributed by atoms with van der Waals surface area (Å²) in [5.74, 6) is 0.295. The van der Waals surface area contributed by atoms with Crippen LogP contribution in [-0.4, -0.2) is 55.7 Å². The second-order valence-corrected chi connectivity index (χ2v) is 9.04. The van der Waals surface area contributed by atoms with Gasteiger partial charge in [0.2, 0.25) is 5.91 Å². The van der Waals surface area contributed by atoms with Crippen LogP contribution in [0.15, 0.2) is 48.5 Å². The number of benzene rings is 2. The lowest BCUT2D eigenvalue weighted by atomic mass is 9.82. The molecule has 0 aliphatic carbocycles. The van der Waals surface area contributed by atoms with Gasteiger partial charge in [-0.15, -0.1) is 0 Å². The first-order valence-electron chi connectivity index (χ1n) is 11.4. The van der Waals surface area contributed by atoms with Gasteiger partial charge in [-0.1, -0.05) is 18.2 Å². The Labute approximate surface area is 192 Å². The first-order valence-corrected chi connectivity index (χ1v) is 11.4. The number of nitrogens with one attached hydrogen (secondary N) is 1. The molecule has 5 nitrogen and oxygen atoms in total. The van der Waals surface area contributed by atoms with Crippen molar-refractivity contribution in [3.8, 4) is 5.75 Å². The van der Waals surface area contributed by atoms with Crippen LogP contribution >= 0.6 is 0 Å². The van der Waals surface area contributed by atoms with Crippen molar-refractivity contribution in [1.82, 2.24) is 10.2 Å². The van der Waals surface area contributed by atoms with E-state index in [1.807, 2.05) is 44.2 Å². The molecule has 178 valence electrons. The lowest BCUT2D eigenvalue weighted by Crippen LogP contribution is -2.61. The van der Waals surface area contributed by atoms with Gasteiger partial charge in [-0.05, 0) is 56.2 Å². The summed E-state index contributed by atoms with van der Waals surface area (Å²) >= 11 is 0. The highest BCUT2D eigenvalue weighted by Crippen LogP contribution is 2.39. The highest BCUT2D eigenvalue weighted by atomic mass is 19.4. The number of amides is 1. The van der Waals surface area contributed by atoms with Gasteiger partial charge in [-0.3, -0.25) is 9.69 Å². The molecule has 2 aromatic rings. The maximum Gasteiger partial charge on any atom is 0.416 e. The lowest BCUT2D eigenvalue weighted by molar-refractivity contribution is -0.137.